The van der Waals surface area contributed by atoms with E-state index in [0.717, 1.165) is 37.2 Å². The quantitative estimate of drug-likeness (QED) is 0.820. The van der Waals surface area contributed by atoms with Crippen LogP contribution in [0.5, 0.6) is 5.75 Å². The molecule has 2 aromatic carbocycles. The number of halogens is 1. The van der Waals surface area contributed by atoms with Gasteiger partial charge in [0.1, 0.15) is 18.2 Å². The van der Waals surface area contributed by atoms with Crippen molar-refractivity contribution in [3.05, 3.63) is 59.4 Å². The van der Waals surface area contributed by atoms with E-state index in [0.29, 0.717) is 25.3 Å². The molecule has 27 heavy (non-hydrogen) atoms. The minimum atomic E-state index is -0.310. The zero-order valence-corrected chi connectivity index (χ0v) is 15.7. The minimum Gasteiger partial charge on any atom is -0.489 e. The van der Waals surface area contributed by atoms with Gasteiger partial charge in [0.15, 0.2) is 0 Å². The average molecular weight is 368 g/mol. The summed E-state index contributed by atoms with van der Waals surface area (Å²) in [5, 5.41) is 0. The first kappa shape index (κ1) is 17.8. The zero-order valence-electron chi connectivity index (χ0n) is 15.7. The number of amides is 1. The molecule has 2 aliphatic rings. The first-order chi connectivity index (χ1) is 13.1. The van der Waals surface area contributed by atoms with Gasteiger partial charge in [-0.1, -0.05) is 29.8 Å². The Morgan fingerprint density at radius 1 is 1.15 bits per heavy atom. The van der Waals surface area contributed by atoms with Gasteiger partial charge in [-0.15, -0.1) is 0 Å². The van der Waals surface area contributed by atoms with Gasteiger partial charge in [-0.25, -0.2) is 4.39 Å². The Hall–Kier alpha value is -2.56. The van der Waals surface area contributed by atoms with Gasteiger partial charge in [0.25, 0.3) is 0 Å². The van der Waals surface area contributed by atoms with Gasteiger partial charge in [0, 0.05) is 25.7 Å². The molecule has 5 heteroatoms. The van der Waals surface area contributed by atoms with Crippen molar-refractivity contribution in [1.82, 2.24) is 4.90 Å². The maximum atomic E-state index is 13.6. The van der Waals surface area contributed by atoms with E-state index < -0.39 is 0 Å². The molecule has 1 atom stereocenters. The third kappa shape index (κ3) is 3.92. The highest BCUT2D eigenvalue weighted by molar-refractivity contribution is 5.78. The van der Waals surface area contributed by atoms with Crippen molar-refractivity contribution in [3.63, 3.8) is 0 Å². The second kappa shape index (κ2) is 7.59. The highest BCUT2D eigenvalue weighted by atomic mass is 19.1. The first-order valence-electron chi connectivity index (χ1n) is 9.62. The highest BCUT2D eigenvalue weighted by Crippen LogP contribution is 2.36. The van der Waals surface area contributed by atoms with E-state index in [-0.39, 0.29) is 17.8 Å². The third-order valence-electron chi connectivity index (χ3n) is 5.45. The van der Waals surface area contributed by atoms with Gasteiger partial charge < -0.3 is 14.5 Å². The molecule has 2 aliphatic heterocycles. The van der Waals surface area contributed by atoms with Crippen molar-refractivity contribution in [2.24, 2.45) is 0 Å². The number of likely N-dealkylation sites (tertiary alicyclic amines) is 1. The van der Waals surface area contributed by atoms with Gasteiger partial charge >= 0.3 is 0 Å². The molecule has 0 radical (unpaired) electrons. The van der Waals surface area contributed by atoms with Crippen LogP contribution in [-0.2, 0) is 11.3 Å². The largest absolute Gasteiger partial charge is 0.489 e. The summed E-state index contributed by atoms with van der Waals surface area (Å²) in [7, 11) is 0. The van der Waals surface area contributed by atoms with Crippen molar-refractivity contribution in [1.29, 1.82) is 0 Å². The molecule has 0 N–H and O–H groups in total. The van der Waals surface area contributed by atoms with Gasteiger partial charge in [-0.2, -0.15) is 0 Å². The number of nitrogens with zero attached hydrogens (tertiary/aromatic N) is 2. The Labute approximate surface area is 159 Å². The minimum absolute atomic E-state index is 0.0580. The Bertz CT molecular complexity index is 816. The van der Waals surface area contributed by atoms with Crippen LogP contribution in [0.15, 0.2) is 42.5 Å². The van der Waals surface area contributed by atoms with E-state index in [1.165, 1.54) is 17.7 Å². The summed E-state index contributed by atoms with van der Waals surface area (Å²) in [5.74, 6) is 0.420. The molecule has 0 aromatic heterocycles. The maximum Gasteiger partial charge on any atom is 0.224 e. The molecule has 0 saturated carbocycles. The molecule has 142 valence electrons. The number of fused-ring (bicyclic) bond motifs is 1. The smallest absolute Gasteiger partial charge is 0.224 e. The SMILES string of the molecule is Cc1ccc(CN2c3ccc(F)cc3OC[C@H]2CC(=O)N2CCCC2)cc1. The second-order valence-corrected chi connectivity index (χ2v) is 7.48. The lowest BCUT2D eigenvalue weighted by Gasteiger charge is -2.39. The predicted molar refractivity (Wildman–Crippen MR) is 103 cm³/mol. The topological polar surface area (TPSA) is 32.8 Å². The fourth-order valence-corrected chi connectivity index (χ4v) is 3.88. The van der Waals surface area contributed by atoms with E-state index in [1.54, 1.807) is 6.07 Å². The average Bonchev–Trinajstić information content (AvgIpc) is 3.20. The normalized spacial score (nSPS) is 19.0. The fraction of sp³-hybridized carbons (Fsp3) is 0.409. The van der Waals surface area contributed by atoms with E-state index in [4.69, 9.17) is 4.74 Å². The molecule has 0 unspecified atom stereocenters. The van der Waals surface area contributed by atoms with Crippen LogP contribution >= 0.6 is 0 Å². The van der Waals surface area contributed by atoms with Crippen LogP contribution in [0.4, 0.5) is 10.1 Å². The van der Waals surface area contributed by atoms with Crippen LogP contribution in [0.25, 0.3) is 0 Å². The number of hydrogen-bond acceptors (Lipinski definition) is 3. The predicted octanol–water partition coefficient (Wildman–Crippen LogP) is 3.91. The number of hydrogen-bond donors (Lipinski definition) is 0. The van der Waals surface area contributed by atoms with E-state index in [9.17, 15) is 9.18 Å². The lowest BCUT2D eigenvalue weighted by atomic mass is 10.1. The standard InChI is InChI=1S/C22H25FN2O2/c1-16-4-6-17(7-5-16)14-25-19(13-22(26)24-10-2-3-11-24)15-27-21-12-18(23)8-9-20(21)25/h4-9,12,19H,2-3,10-11,13-15H2,1H3/t19-/m1/s1. The molecule has 0 aliphatic carbocycles. The fourth-order valence-electron chi connectivity index (χ4n) is 3.88. The van der Waals surface area contributed by atoms with Crippen molar-refractivity contribution < 1.29 is 13.9 Å². The molecule has 1 saturated heterocycles. The molecule has 1 amide bonds. The Balaban J connectivity index is 1.59. The van der Waals surface area contributed by atoms with Crippen LogP contribution in [0, 0.1) is 12.7 Å². The first-order valence-corrected chi connectivity index (χ1v) is 9.62. The van der Waals surface area contributed by atoms with E-state index >= 15 is 0 Å². The molecular weight excluding hydrogens is 343 g/mol. The van der Waals surface area contributed by atoms with Gasteiger partial charge in [-0.05, 0) is 37.5 Å². The Morgan fingerprint density at radius 3 is 2.63 bits per heavy atom. The Kier molecular flexibility index (Phi) is 5.01. The zero-order chi connectivity index (χ0) is 18.8. The van der Waals surface area contributed by atoms with Crippen molar-refractivity contribution in [3.8, 4) is 5.75 Å². The summed E-state index contributed by atoms with van der Waals surface area (Å²) in [6, 6.07) is 13.0. The summed E-state index contributed by atoms with van der Waals surface area (Å²) in [6.07, 6.45) is 2.59. The van der Waals surface area contributed by atoms with Crippen LogP contribution < -0.4 is 9.64 Å². The number of rotatable bonds is 4. The lowest BCUT2D eigenvalue weighted by Crippen LogP contribution is -2.46. The number of benzene rings is 2. The van der Waals surface area contributed by atoms with Crippen molar-refractivity contribution >= 4 is 11.6 Å². The molecule has 4 nitrogen and oxygen atoms in total. The van der Waals surface area contributed by atoms with Crippen LogP contribution in [0.3, 0.4) is 0 Å². The molecule has 2 aromatic rings. The summed E-state index contributed by atoms with van der Waals surface area (Å²) >= 11 is 0. The summed E-state index contributed by atoms with van der Waals surface area (Å²) < 4.78 is 19.5. The van der Waals surface area contributed by atoms with E-state index in [2.05, 4.69) is 36.1 Å². The van der Waals surface area contributed by atoms with Crippen LogP contribution in [-0.4, -0.2) is 36.5 Å². The maximum absolute atomic E-state index is 13.6. The van der Waals surface area contributed by atoms with Crippen molar-refractivity contribution in [2.45, 2.75) is 38.8 Å². The number of aryl methyl sites for hydroxylation is 1. The molecular formula is C22H25FN2O2. The van der Waals surface area contributed by atoms with Crippen LogP contribution in [0.2, 0.25) is 0 Å². The van der Waals surface area contributed by atoms with Crippen LogP contribution in [0.1, 0.15) is 30.4 Å². The monoisotopic (exact) mass is 368 g/mol. The summed E-state index contributed by atoms with van der Waals surface area (Å²) in [5.41, 5.74) is 3.22. The molecule has 0 spiro atoms. The summed E-state index contributed by atoms with van der Waals surface area (Å²) in [6.45, 7) is 4.83. The lowest BCUT2D eigenvalue weighted by molar-refractivity contribution is -0.130. The Morgan fingerprint density at radius 2 is 1.89 bits per heavy atom. The molecule has 1 fully saturated rings. The molecule has 0 bridgehead atoms. The molecule has 4 rings (SSSR count). The number of carbonyl (C=O) groups is 1. The van der Waals surface area contributed by atoms with Crippen molar-refractivity contribution in [2.75, 3.05) is 24.6 Å². The highest BCUT2D eigenvalue weighted by Gasteiger charge is 2.31. The third-order valence-corrected chi connectivity index (χ3v) is 5.45. The number of ether oxygens (including phenoxy) is 1. The summed E-state index contributed by atoms with van der Waals surface area (Å²) in [4.78, 5) is 16.8. The van der Waals surface area contributed by atoms with Gasteiger partial charge in [0.2, 0.25) is 5.91 Å². The molecule has 2 heterocycles. The van der Waals surface area contributed by atoms with Gasteiger partial charge in [0.05, 0.1) is 18.2 Å². The number of carbonyl (C=O) groups excluding carboxylic acids is 1. The van der Waals surface area contributed by atoms with E-state index in [1.807, 2.05) is 4.90 Å². The number of anilines is 1. The second-order valence-electron chi connectivity index (χ2n) is 7.48. The van der Waals surface area contributed by atoms with Gasteiger partial charge in [-0.3, -0.25) is 4.79 Å².